The second kappa shape index (κ2) is 7.38. The molecule has 0 bridgehead atoms. The summed E-state index contributed by atoms with van der Waals surface area (Å²) < 4.78 is 48.1. The third-order valence-corrected chi connectivity index (χ3v) is 4.94. The van der Waals surface area contributed by atoms with Crippen molar-refractivity contribution in [3.05, 3.63) is 42.0 Å². The normalized spacial score (nSPS) is 14.6. The third-order valence-electron chi connectivity index (χ3n) is 4.94. The molecule has 0 unspecified atom stereocenters. The maximum atomic E-state index is 13.8. The number of benzene rings is 1. The van der Waals surface area contributed by atoms with Crippen LogP contribution in [0.25, 0.3) is 22.3 Å². The van der Waals surface area contributed by atoms with E-state index in [1.54, 1.807) is 30.3 Å². The largest absolute Gasteiger partial charge is 0.467 e. The molecular weight excluding hydrogens is 385 g/mol. The molecule has 1 amide bonds. The molecular formula is C20H19F3N4O2. The SMILES string of the molecule is Cn1nc(-c2ccccc2)c2c(C(F)(F)F)cc(OCC(=O)NC3CCC3)nc21. The molecule has 0 radical (unpaired) electrons. The average Bonchev–Trinajstić information content (AvgIpc) is 2.99. The number of pyridine rings is 1. The van der Waals surface area contributed by atoms with E-state index < -0.39 is 18.3 Å². The summed E-state index contributed by atoms with van der Waals surface area (Å²) in [6, 6.07) is 9.57. The standard InChI is InChI=1S/C20H19F3N4O2/c1-27-19-17(18(26-27)12-6-3-2-4-7-12)14(20(21,22)23)10-16(25-19)29-11-15(28)24-13-8-5-9-13/h2-4,6-7,10,13H,5,8-9,11H2,1H3,(H,24,28). The number of aromatic nitrogens is 3. The summed E-state index contributed by atoms with van der Waals surface area (Å²) >= 11 is 0. The van der Waals surface area contributed by atoms with Crippen molar-refractivity contribution < 1.29 is 22.7 Å². The lowest BCUT2D eigenvalue weighted by Gasteiger charge is -2.26. The summed E-state index contributed by atoms with van der Waals surface area (Å²) in [6.07, 6.45) is -1.76. The number of hydrogen-bond donors (Lipinski definition) is 1. The molecule has 0 atom stereocenters. The van der Waals surface area contributed by atoms with Gasteiger partial charge in [0.25, 0.3) is 5.91 Å². The second-order valence-electron chi connectivity index (χ2n) is 7.03. The first-order chi connectivity index (χ1) is 13.8. The first-order valence-electron chi connectivity index (χ1n) is 9.25. The molecule has 1 aliphatic carbocycles. The van der Waals surface area contributed by atoms with Gasteiger partial charge in [-0.2, -0.15) is 23.3 Å². The minimum atomic E-state index is -4.64. The number of carbonyl (C=O) groups excluding carboxylic acids is 1. The number of nitrogens with one attached hydrogen (secondary N) is 1. The Kier molecular flexibility index (Phi) is 4.89. The van der Waals surface area contributed by atoms with Crippen LogP contribution in [0.3, 0.4) is 0 Å². The number of fused-ring (bicyclic) bond motifs is 1. The maximum Gasteiger partial charge on any atom is 0.417 e. The Morgan fingerprint density at radius 1 is 1.28 bits per heavy atom. The highest BCUT2D eigenvalue weighted by Gasteiger charge is 2.36. The summed E-state index contributed by atoms with van der Waals surface area (Å²) in [5.74, 6) is -0.642. The van der Waals surface area contributed by atoms with Crippen LogP contribution in [0.1, 0.15) is 24.8 Å². The lowest BCUT2D eigenvalue weighted by molar-refractivity contribution is -0.136. The summed E-state index contributed by atoms with van der Waals surface area (Å²) in [5, 5.41) is 6.92. The van der Waals surface area contributed by atoms with E-state index in [1.165, 1.54) is 11.7 Å². The number of amides is 1. The first kappa shape index (κ1) is 19.2. The van der Waals surface area contributed by atoms with Crippen LogP contribution in [0.5, 0.6) is 5.88 Å². The molecule has 1 aliphatic rings. The fourth-order valence-corrected chi connectivity index (χ4v) is 3.28. The predicted molar refractivity (Wildman–Crippen MR) is 100 cm³/mol. The van der Waals surface area contributed by atoms with Gasteiger partial charge in [0.15, 0.2) is 12.3 Å². The van der Waals surface area contributed by atoms with Gasteiger partial charge in [-0.15, -0.1) is 0 Å². The molecule has 1 N–H and O–H groups in total. The number of carbonyl (C=O) groups is 1. The Hall–Kier alpha value is -3.10. The molecule has 1 fully saturated rings. The van der Waals surface area contributed by atoms with Crippen LogP contribution in [-0.2, 0) is 18.0 Å². The Morgan fingerprint density at radius 2 is 2.00 bits per heavy atom. The zero-order valence-corrected chi connectivity index (χ0v) is 15.7. The number of nitrogens with zero attached hydrogens (tertiary/aromatic N) is 3. The van der Waals surface area contributed by atoms with Gasteiger partial charge in [-0.25, -0.2) is 4.68 Å². The van der Waals surface area contributed by atoms with Crippen LogP contribution in [0.2, 0.25) is 0 Å². The summed E-state index contributed by atoms with van der Waals surface area (Å²) in [7, 11) is 1.52. The summed E-state index contributed by atoms with van der Waals surface area (Å²) in [4.78, 5) is 16.1. The highest BCUT2D eigenvalue weighted by atomic mass is 19.4. The lowest BCUT2D eigenvalue weighted by atomic mass is 9.93. The highest BCUT2D eigenvalue weighted by Crippen LogP contribution is 2.40. The third kappa shape index (κ3) is 3.90. The van der Waals surface area contributed by atoms with Gasteiger partial charge in [-0.3, -0.25) is 4.79 Å². The molecule has 9 heteroatoms. The number of alkyl halides is 3. The topological polar surface area (TPSA) is 69.0 Å². The van der Waals surface area contributed by atoms with Gasteiger partial charge in [0.1, 0.15) is 5.69 Å². The predicted octanol–water partition coefficient (Wildman–Crippen LogP) is 3.70. The highest BCUT2D eigenvalue weighted by molar-refractivity contribution is 5.94. The van der Waals surface area contributed by atoms with E-state index >= 15 is 0 Å². The van der Waals surface area contributed by atoms with Gasteiger partial charge in [-0.1, -0.05) is 30.3 Å². The minimum Gasteiger partial charge on any atom is -0.467 e. The van der Waals surface area contributed by atoms with Crippen molar-refractivity contribution in [2.45, 2.75) is 31.5 Å². The van der Waals surface area contributed by atoms with Crippen molar-refractivity contribution in [2.75, 3.05) is 6.61 Å². The van der Waals surface area contributed by atoms with Gasteiger partial charge in [-0.05, 0) is 19.3 Å². The van der Waals surface area contributed by atoms with Crippen molar-refractivity contribution in [3.8, 4) is 17.1 Å². The van der Waals surface area contributed by atoms with Crippen LogP contribution >= 0.6 is 0 Å². The Morgan fingerprint density at radius 3 is 2.62 bits per heavy atom. The number of hydrogen-bond acceptors (Lipinski definition) is 4. The molecule has 1 aromatic carbocycles. The number of halogens is 3. The molecule has 152 valence electrons. The molecule has 1 saturated carbocycles. The number of aryl methyl sites for hydroxylation is 1. The maximum absolute atomic E-state index is 13.8. The smallest absolute Gasteiger partial charge is 0.417 e. The van der Waals surface area contributed by atoms with Crippen LogP contribution in [0.15, 0.2) is 36.4 Å². The summed E-state index contributed by atoms with van der Waals surface area (Å²) in [6.45, 7) is -0.393. The van der Waals surface area contributed by atoms with Crippen LogP contribution in [-0.4, -0.2) is 33.3 Å². The van der Waals surface area contributed by atoms with E-state index in [1.807, 2.05) is 0 Å². The molecule has 0 saturated heterocycles. The van der Waals surface area contributed by atoms with Crippen LogP contribution in [0, 0.1) is 0 Å². The van der Waals surface area contributed by atoms with Gasteiger partial charge < -0.3 is 10.1 Å². The van der Waals surface area contributed by atoms with E-state index in [-0.39, 0.29) is 34.6 Å². The van der Waals surface area contributed by atoms with Crippen LogP contribution in [0.4, 0.5) is 13.2 Å². The molecule has 4 rings (SSSR count). The minimum absolute atomic E-state index is 0.0353. The first-order valence-corrected chi connectivity index (χ1v) is 9.25. The van der Waals surface area contributed by atoms with Crippen molar-refractivity contribution in [1.29, 1.82) is 0 Å². The van der Waals surface area contributed by atoms with Crippen molar-refractivity contribution in [3.63, 3.8) is 0 Å². The van der Waals surface area contributed by atoms with Crippen molar-refractivity contribution in [1.82, 2.24) is 20.1 Å². The van der Waals surface area contributed by atoms with Crippen LogP contribution < -0.4 is 10.1 Å². The molecule has 2 aromatic heterocycles. The van der Waals surface area contributed by atoms with Crippen molar-refractivity contribution >= 4 is 16.9 Å². The van der Waals surface area contributed by atoms with E-state index in [2.05, 4.69) is 15.4 Å². The Bertz CT molecular complexity index is 1040. The molecule has 0 aliphatic heterocycles. The van der Waals surface area contributed by atoms with Gasteiger partial charge in [0.05, 0.1) is 10.9 Å². The van der Waals surface area contributed by atoms with Gasteiger partial charge in [0, 0.05) is 24.7 Å². The molecule has 0 spiro atoms. The lowest BCUT2D eigenvalue weighted by Crippen LogP contribution is -2.41. The van der Waals surface area contributed by atoms with E-state index in [4.69, 9.17) is 4.74 Å². The molecule has 6 nitrogen and oxygen atoms in total. The zero-order valence-electron chi connectivity index (χ0n) is 15.7. The second-order valence-corrected chi connectivity index (χ2v) is 7.03. The fourth-order valence-electron chi connectivity index (χ4n) is 3.28. The quantitative estimate of drug-likeness (QED) is 0.704. The monoisotopic (exact) mass is 404 g/mol. The Labute approximate surface area is 164 Å². The van der Waals surface area contributed by atoms with E-state index in [0.29, 0.717) is 5.56 Å². The average molecular weight is 404 g/mol. The molecule has 3 aromatic rings. The zero-order chi connectivity index (χ0) is 20.6. The molecule has 29 heavy (non-hydrogen) atoms. The van der Waals surface area contributed by atoms with E-state index in [0.717, 1.165) is 25.3 Å². The number of rotatable bonds is 5. The van der Waals surface area contributed by atoms with Crippen molar-refractivity contribution in [2.24, 2.45) is 7.05 Å². The number of ether oxygens (including phenoxy) is 1. The fraction of sp³-hybridized carbons (Fsp3) is 0.350. The van der Waals surface area contributed by atoms with Gasteiger partial charge >= 0.3 is 6.18 Å². The summed E-state index contributed by atoms with van der Waals surface area (Å²) in [5.41, 5.74) is -0.118. The Balaban J connectivity index is 1.71. The van der Waals surface area contributed by atoms with E-state index in [9.17, 15) is 18.0 Å². The molecule has 2 heterocycles. The van der Waals surface area contributed by atoms with Gasteiger partial charge in [0.2, 0.25) is 5.88 Å².